The molecule has 0 saturated carbocycles. The Morgan fingerprint density at radius 2 is 2.38 bits per heavy atom. The summed E-state index contributed by atoms with van der Waals surface area (Å²) in [7, 11) is 1.43. The molecule has 2 rings (SSSR count). The predicted octanol–water partition coefficient (Wildman–Crippen LogP) is 1.22. The van der Waals surface area contributed by atoms with Crippen molar-refractivity contribution >= 4 is 17.4 Å². The van der Waals surface area contributed by atoms with Crippen LogP contribution < -0.4 is 19.9 Å². The van der Waals surface area contributed by atoms with Gasteiger partial charge in [0.05, 0.1) is 18.7 Å². The second-order valence-corrected chi connectivity index (χ2v) is 3.53. The number of carbonyl (C=O) groups is 1. The van der Waals surface area contributed by atoms with Gasteiger partial charge in [0.25, 0.3) is 0 Å². The molecule has 0 unspecified atom stereocenters. The summed E-state index contributed by atoms with van der Waals surface area (Å²) in [6.07, 6.45) is 0. The molecule has 1 aliphatic rings. The lowest BCUT2D eigenvalue weighted by Crippen LogP contribution is -2.15. The number of rotatable bonds is 3. The summed E-state index contributed by atoms with van der Waals surface area (Å²) >= 11 is 5.96. The van der Waals surface area contributed by atoms with Crippen molar-refractivity contribution in [2.24, 2.45) is 5.73 Å². The molecule has 5 nitrogen and oxygen atoms in total. The number of benzene rings is 1. The zero-order chi connectivity index (χ0) is 11.7. The first-order valence-corrected chi connectivity index (χ1v) is 4.96. The zero-order valence-corrected chi connectivity index (χ0v) is 9.34. The van der Waals surface area contributed by atoms with Gasteiger partial charge in [0.2, 0.25) is 6.79 Å². The summed E-state index contributed by atoms with van der Waals surface area (Å²) < 4.78 is 15.5. The molecule has 1 aliphatic heterocycles. The Bertz CT molecular complexity index is 443. The van der Waals surface area contributed by atoms with Crippen LogP contribution in [0.1, 0.15) is 10.4 Å². The third kappa shape index (κ3) is 1.58. The van der Waals surface area contributed by atoms with Crippen LogP contribution in [0, 0.1) is 0 Å². The van der Waals surface area contributed by atoms with Gasteiger partial charge in [0.1, 0.15) is 5.56 Å². The fraction of sp³-hybridized carbons (Fsp3) is 0.300. The van der Waals surface area contributed by atoms with Gasteiger partial charge < -0.3 is 19.9 Å². The minimum absolute atomic E-state index is 0.0592. The summed E-state index contributed by atoms with van der Waals surface area (Å²) in [6, 6.07) is 1.55. The highest BCUT2D eigenvalue weighted by Gasteiger charge is 2.28. The molecule has 2 N–H and O–H groups in total. The van der Waals surface area contributed by atoms with Crippen LogP contribution in [-0.2, 0) is 0 Å². The highest BCUT2D eigenvalue weighted by Crippen LogP contribution is 2.45. The summed E-state index contributed by atoms with van der Waals surface area (Å²) in [5.41, 5.74) is 5.57. The number of hydrogen-bond acceptors (Lipinski definition) is 5. The minimum atomic E-state index is -0.305. The lowest BCUT2D eigenvalue weighted by molar-refractivity contribution is 0.0993. The maximum Gasteiger partial charge on any atom is 0.231 e. The van der Waals surface area contributed by atoms with Crippen molar-refractivity contribution in [3.8, 4) is 17.2 Å². The largest absolute Gasteiger partial charge is 0.494 e. The molecule has 0 atom stereocenters. The van der Waals surface area contributed by atoms with Crippen LogP contribution in [0.5, 0.6) is 17.2 Å². The van der Waals surface area contributed by atoms with E-state index in [2.05, 4.69) is 0 Å². The van der Waals surface area contributed by atoms with Crippen LogP contribution in [0.15, 0.2) is 6.07 Å². The predicted molar refractivity (Wildman–Crippen MR) is 57.5 cm³/mol. The third-order valence-electron chi connectivity index (χ3n) is 2.24. The molecule has 1 aromatic rings. The molecule has 0 radical (unpaired) electrons. The zero-order valence-electron chi connectivity index (χ0n) is 8.58. The normalized spacial score (nSPS) is 12.7. The van der Waals surface area contributed by atoms with Gasteiger partial charge in [-0.2, -0.15) is 0 Å². The van der Waals surface area contributed by atoms with Crippen LogP contribution in [-0.4, -0.2) is 26.2 Å². The molecule has 6 heteroatoms. The van der Waals surface area contributed by atoms with E-state index in [1.54, 1.807) is 6.07 Å². The summed E-state index contributed by atoms with van der Waals surface area (Å²) in [6.45, 7) is -0.0871. The van der Waals surface area contributed by atoms with Crippen molar-refractivity contribution in [1.82, 2.24) is 0 Å². The van der Waals surface area contributed by atoms with Crippen molar-refractivity contribution in [2.75, 3.05) is 20.4 Å². The smallest absolute Gasteiger partial charge is 0.231 e. The second-order valence-electron chi connectivity index (χ2n) is 3.13. The molecule has 0 fully saturated rings. The maximum absolute atomic E-state index is 11.7. The van der Waals surface area contributed by atoms with Gasteiger partial charge in [0, 0.05) is 6.07 Å². The van der Waals surface area contributed by atoms with Crippen LogP contribution >= 0.6 is 11.6 Å². The lowest BCUT2D eigenvalue weighted by atomic mass is 10.1. The summed E-state index contributed by atoms with van der Waals surface area (Å²) in [5, 5.41) is 0.295. The van der Waals surface area contributed by atoms with E-state index >= 15 is 0 Å². The molecule has 0 amide bonds. The number of hydrogen-bond donors (Lipinski definition) is 1. The van der Waals surface area contributed by atoms with Crippen molar-refractivity contribution in [3.05, 3.63) is 16.7 Å². The van der Waals surface area contributed by atoms with Gasteiger partial charge in [0.15, 0.2) is 23.0 Å². The number of nitrogens with two attached hydrogens (primary N) is 1. The number of carbonyl (C=O) groups excluding carboxylic acids is 1. The number of Topliss-reactive ketones (excluding diaryl/α,β-unsaturated/α-hetero) is 1. The van der Waals surface area contributed by atoms with Gasteiger partial charge in [-0.1, -0.05) is 11.6 Å². The molecule has 0 bridgehead atoms. The topological polar surface area (TPSA) is 70.8 Å². The fourth-order valence-electron chi connectivity index (χ4n) is 1.55. The second kappa shape index (κ2) is 4.19. The number of fused-ring (bicyclic) bond motifs is 1. The molecule has 86 valence electrons. The minimum Gasteiger partial charge on any atom is -0.494 e. The molecule has 16 heavy (non-hydrogen) atoms. The number of ketones is 1. The first-order chi connectivity index (χ1) is 7.69. The van der Waals surface area contributed by atoms with Gasteiger partial charge >= 0.3 is 0 Å². The van der Waals surface area contributed by atoms with Crippen molar-refractivity contribution in [3.63, 3.8) is 0 Å². The van der Waals surface area contributed by atoms with Crippen LogP contribution in [0.2, 0.25) is 5.02 Å². The average Bonchev–Trinajstić information content (AvgIpc) is 2.73. The van der Waals surface area contributed by atoms with Crippen LogP contribution in [0.25, 0.3) is 0 Å². The number of halogens is 1. The van der Waals surface area contributed by atoms with E-state index in [-0.39, 0.29) is 30.4 Å². The quantitative estimate of drug-likeness (QED) is 0.809. The number of ether oxygens (including phenoxy) is 3. The van der Waals surface area contributed by atoms with E-state index in [9.17, 15) is 4.79 Å². The molecule has 1 aromatic carbocycles. The molecule has 0 saturated heterocycles. The van der Waals surface area contributed by atoms with Crippen molar-refractivity contribution in [2.45, 2.75) is 0 Å². The van der Waals surface area contributed by atoms with E-state index < -0.39 is 0 Å². The van der Waals surface area contributed by atoms with Crippen molar-refractivity contribution in [1.29, 1.82) is 0 Å². The Balaban J connectivity index is 2.66. The van der Waals surface area contributed by atoms with E-state index in [1.165, 1.54) is 7.11 Å². The van der Waals surface area contributed by atoms with Crippen LogP contribution in [0.3, 0.4) is 0 Å². The molecule has 0 aromatic heterocycles. The first kappa shape index (κ1) is 11.0. The third-order valence-corrected chi connectivity index (χ3v) is 2.52. The first-order valence-electron chi connectivity index (χ1n) is 4.58. The standard InChI is InChI=1S/C10H10ClNO4/c1-14-9-5(11)2-7-10(16-4-15-7)8(9)6(13)3-12/h2H,3-4,12H2,1H3. The molecule has 0 aliphatic carbocycles. The van der Waals surface area contributed by atoms with Gasteiger partial charge in [-0.25, -0.2) is 0 Å². The highest BCUT2D eigenvalue weighted by atomic mass is 35.5. The Morgan fingerprint density at radius 1 is 1.62 bits per heavy atom. The molecular formula is C10H10ClNO4. The fourth-order valence-corrected chi connectivity index (χ4v) is 1.82. The van der Waals surface area contributed by atoms with Crippen LogP contribution in [0.4, 0.5) is 0 Å². The Hall–Kier alpha value is -1.46. The van der Waals surface area contributed by atoms with Gasteiger partial charge in [-0.05, 0) is 0 Å². The van der Waals surface area contributed by atoms with E-state index in [1.807, 2.05) is 0 Å². The maximum atomic E-state index is 11.7. The Kier molecular flexibility index (Phi) is 2.89. The Labute approximate surface area is 97.0 Å². The SMILES string of the molecule is COc1c(Cl)cc2c(c1C(=O)CN)OCO2. The molecular weight excluding hydrogens is 234 g/mol. The van der Waals surface area contributed by atoms with Gasteiger partial charge in [-0.3, -0.25) is 4.79 Å². The van der Waals surface area contributed by atoms with E-state index in [0.29, 0.717) is 16.5 Å². The Morgan fingerprint density at radius 3 is 3.00 bits per heavy atom. The summed E-state index contributed by atoms with van der Waals surface area (Å²) in [4.78, 5) is 11.7. The monoisotopic (exact) mass is 243 g/mol. The molecule has 1 heterocycles. The number of methoxy groups -OCH3 is 1. The van der Waals surface area contributed by atoms with Crippen molar-refractivity contribution < 1.29 is 19.0 Å². The van der Waals surface area contributed by atoms with E-state index in [4.69, 9.17) is 31.5 Å². The molecule has 0 spiro atoms. The van der Waals surface area contributed by atoms with E-state index in [0.717, 1.165) is 0 Å². The lowest BCUT2D eigenvalue weighted by Gasteiger charge is -2.11. The van der Waals surface area contributed by atoms with Gasteiger partial charge in [-0.15, -0.1) is 0 Å². The highest BCUT2D eigenvalue weighted by molar-refractivity contribution is 6.33. The average molecular weight is 244 g/mol. The summed E-state index contributed by atoms with van der Waals surface area (Å²) in [5.74, 6) is 0.738.